The molecule has 1 heterocycles. The zero-order valence-corrected chi connectivity index (χ0v) is 20.8. The van der Waals surface area contributed by atoms with Crippen LogP contribution in [0.25, 0.3) is 0 Å². The van der Waals surface area contributed by atoms with Crippen molar-refractivity contribution < 1.29 is 26.3 Å². The van der Waals surface area contributed by atoms with Crippen molar-refractivity contribution in [1.29, 1.82) is 0 Å². The van der Waals surface area contributed by atoms with Gasteiger partial charge in [-0.05, 0) is 94.1 Å². The van der Waals surface area contributed by atoms with E-state index >= 15 is 0 Å². The molecule has 0 radical (unpaired) electrons. The van der Waals surface area contributed by atoms with Crippen LogP contribution in [0.1, 0.15) is 56.1 Å². The summed E-state index contributed by atoms with van der Waals surface area (Å²) in [4.78, 5) is 2.37. The maximum atomic E-state index is 12.8. The van der Waals surface area contributed by atoms with Crippen LogP contribution in [-0.2, 0) is 20.9 Å². The summed E-state index contributed by atoms with van der Waals surface area (Å²) in [7, 11) is -3.85. The van der Waals surface area contributed by atoms with E-state index in [1.54, 1.807) is 0 Å². The first-order valence-corrected chi connectivity index (χ1v) is 13.8. The topological polar surface area (TPSA) is 58.6 Å². The van der Waals surface area contributed by atoms with E-state index < -0.39 is 21.8 Å². The van der Waals surface area contributed by atoms with Crippen LogP contribution in [0.3, 0.4) is 0 Å². The molecule has 0 bridgehead atoms. The molecule has 2 aliphatic rings. The summed E-state index contributed by atoms with van der Waals surface area (Å²) in [5.74, 6) is 0.714. The van der Waals surface area contributed by atoms with E-state index in [2.05, 4.69) is 21.8 Å². The van der Waals surface area contributed by atoms with Gasteiger partial charge in [0.15, 0.2) is 0 Å². The summed E-state index contributed by atoms with van der Waals surface area (Å²) in [6.07, 6.45) is 7.52. The Morgan fingerprint density at radius 1 is 1.06 bits per heavy atom. The maximum Gasteiger partial charge on any atom is 0.416 e. The van der Waals surface area contributed by atoms with Crippen LogP contribution in [-0.4, -0.2) is 52.7 Å². The molecule has 1 aromatic rings. The minimum atomic E-state index is -4.49. The number of halogens is 3. The molecular weight excluding hydrogens is 465 g/mol. The number of sulfonamides is 1. The molecule has 34 heavy (non-hydrogen) atoms. The zero-order valence-electron chi connectivity index (χ0n) is 19.9. The first kappa shape index (κ1) is 27.2. The number of hydrogen-bond donors (Lipinski definition) is 1. The first-order chi connectivity index (χ1) is 16.1. The predicted octanol–water partition coefficient (Wildman–Crippen LogP) is 5.16. The van der Waals surface area contributed by atoms with Gasteiger partial charge in [-0.2, -0.15) is 13.2 Å². The fourth-order valence-electron chi connectivity index (χ4n) is 4.77. The fourth-order valence-corrected chi connectivity index (χ4v) is 6.11. The van der Waals surface area contributed by atoms with Crippen LogP contribution in [0, 0.1) is 18.8 Å². The number of benzene rings is 1. The number of aryl methyl sites for hydroxylation is 1. The Labute approximate surface area is 201 Å². The largest absolute Gasteiger partial charge is 0.416 e. The molecular formula is C25H37F3N2O3S. The smallest absolute Gasteiger partial charge is 0.377 e. The Balaban J connectivity index is 1.34. The number of rotatable bonds is 10. The minimum absolute atomic E-state index is 0.0909. The maximum absolute atomic E-state index is 12.8. The molecule has 1 aliphatic carbocycles. The molecule has 192 valence electrons. The van der Waals surface area contributed by atoms with Crippen molar-refractivity contribution in [3.8, 4) is 0 Å². The number of alkyl halides is 3. The van der Waals surface area contributed by atoms with E-state index in [0.717, 1.165) is 57.0 Å². The number of ether oxygens (including phenoxy) is 1. The SMILES string of the molecule is Cc1cc(C(F)(F)F)ccc1S(=O)(=O)NCC1CCC(COCC=CCN2CCCCC2)CC1. The molecule has 3 rings (SSSR count). The number of nitrogens with zero attached hydrogens (tertiary/aromatic N) is 1. The van der Waals surface area contributed by atoms with Gasteiger partial charge in [-0.25, -0.2) is 13.1 Å². The molecule has 1 aliphatic heterocycles. The molecule has 1 aromatic carbocycles. The van der Waals surface area contributed by atoms with Crippen LogP contribution in [0.2, 0.25) is 0 Å². The van der Waals surface area contributed by atoms with Crippen LogP contribution in [0.15, 0.2) is 35.2 Å². The van der Waals surface area contributed by atoms with E-state index in [1.165, 1.54) is 39.3 Å². The Morgan fingerprint density at radius 2 is 1.74 bits per heavy atom. The summed E-state index contributed by atoms with van der Waals surface area (Å²) in [6, 6.07) is 2.73. The highest BCUT2D eigenvalue weighted by molar-refractivity contribution is 7.89. The van der Waals surface area contributed by atoms with E-state index in [1.807, 2.05) is 0 Å². The van der Waals surface area contributed by atoms with Gasteiger partial charge < -0.3 is 4.74 Å². The summed E-state index contributed by atoms with van der Waals surface area (Å²) in [5.41, 5.74) is -0.754. The molecule has 5 nitrogen and oxygen atoms in total. The molecule has 9 heteroatoms. The predicted molar refractivity (Wildman–Crippen MR) is 127 cm³/mol. The molecule has 0 amide bonds. The average Bonchev–Trinajstić information content (AvgIpc) is 2.80. The third kappa shape index (κ3) is 8.36. The molecule has 1 N–H and O–H groups in total. The molecule has 2 fully saturated rings. The highest BCUT2D eigenvalue weighted by Crippen LogP contribution is 2.32. The third-order valence-electron chi connectivity index (χ3n) is 6.87. The minimum Gasteiger partial charge on any atom is -0.377 e. The van der Waals surface area contributed by atoms with Gasteiger partial charge in [-0.1, -0.05) is 18.6 Å². The zero-order chi connectivity index (χ0) is 24.6. The van der Waals surface area contributed by atoms with Gasteiger partial charge in [0, 0.05) is 19.7 Å². The third-order valence-corrected chi connectivity index (χ3v) is 8.45. The second-order valence-corrected chi connectivity index (χ2v) is 11.3. The lowest BCUT2D eigenvalue weighted by Crippen LogP contribution is -2.32. The monoisotopic (exact) mass is 502 g/mol. The van der Waals surface area contributed by atoms with Gasteiger partial charge in [-0.3, -0.25) is 4.90 Å². The average molecular weight is 503 g/mol. The fraction of sp³-hybridized carbons (Fsp3) is 0.680. The highest BCUT2D eigenvalue weighted by Gasteiger charge is 2.32. The first-order valence-electron chi connectivity index (χ1n) is 12.3. The number of nitrogens with one attached hydrogen (secondary N) is 1. The lowest BCUT2D eigenvalue weighted by molar-refractivity contribution is -0.137. The van der Waals surface area contributed by atoms with Gasteiger partial charge >= 0.3 is 6.18 Å². The van der Waals surface area contributed by atoms with Crippen molar-refractivity contribution in [3.05, 3.63) is 41.5 Å². The molecule has 0 aromatic heterocycles. The molecule has 1 saturated carbocycles. The van der Waals surface area contributed by atoms with Gasteiger partial charge in [0.05, 0.1) is 17.1 Å². The lowest BCUT2D eigenvalue weighted by Gasteiger charge is -2.28. The number of piperidine rings is 1. The lowest BCUT2D eigenvalue weighted by atomic mass is 9.82. The second-order valence-electron chi connectivity index (χ2n) is 9.59. The van der Waals surface area contributed by atoms with Gasteiger partial charge in [-0.15, -0.1) is 0 Å². The van der Waals surface area contributed by atoms with Gasteiger partial charge in [0.25, 0.3) is 0 Å². The standard InChI is InChI=1S/C25H37F3N2O3S/c1-20-17-23(25(26,27)28)11-12-24(20)34(31,32)29-18-21-7-9-22(10-8-21)19-33-16-6-5-15-30-13-3-2-4-14-30/h5-6,11-12,17,21-22,29H,2-4,7-10,13-16,18-19H2,1H3. The number of hydrogen-bond acceptors (Lipinski definition) is 4. The number of likely N-dealkylation sites (tertiary alicyclic amines) is 1. The highest BCUT2D eigenvalue weighted by atomic mass is 32.2. The molecule has 0 spiro atoms. The van der Waals surface area contributed by atoms with Crippen LogP contribution in [0.5, 0.6) is 0 Å². The summed E-state index contributed by atoms with van der Waals surface area (Å²) < 4.78 is 72.2. The molecule has 0 atom stereocenters. The van der Waals surface area contributed by atoms with Crippen molar-refractivity contribution in [2.45, 2.75) is 62.9 Å². The molecule has 1 saturated heterocycles. The van der Waals surface area contributed by atoms with E-state index in [4.69, 9.17) is 4.74 Å². The van der Waals surface area contributed by atoms with E-state index in [9.17, 15) is 21.6 Å². The summed E-state index contributed by atoms with van der Waals surface area (Å²) >= 11 is 0. The Hall–Kier alpha value is -1.42. The Kier molecular flexibility index (Phi) is 10.0. The van der Waals surface area contributed by atoms with Crippen molar-refractivity contribution in [2.75, 3.05) is 39.4 Å². The van der Waals surface area contributed by atoms with Crippen LogP contribution < -0.4 is 4.72 Å². The summed E-state index contributed by atoms with van der Waals surface area (Å²) in [6.45, 7) is 6.41. The Bertz CT molecular complexity index is 904. The normalized spacial score (nSPS) is 22.9. The van der Waals surface area contributed by atoms with Crippen molar-refractivity contribution in [2.24, 2.45) is 11.8 Å². The van der Waals surface area contributed by atoms with Crippen molar-refractivity contribution in [3.63, 3.8) is 0 Å². The van der Waals surface area contributed by atoms with Crippen molar-refractivity contribution >= 4 is 10.0 Å². The van der Waals surface area contributed by atoms with Crippen LogP contribution in [0.4, 0.5) is 13.2 Å². The second kappa shape index (κ2) is 12.5. The van der Waals surface area contributed by atoms with Crippen LogP contribution >= 0.6 is 0 Å². The quantitative estimate of drug-likeness (QED) is 0.355. The summed E-state index contributed by atoms with van der Waals surface area (Å²) in [5, 5.41) is 0. The van der Waals surface area contributed by atoms with E-state index in [-0.39, 0.29) is 16.4 Å². The van der Waals surface area contributed by atoms with Gasteiger partial charge in [0.2, 0.25) is 10.0 Å². The molecule has 0 unspecified atom stereocenters. The van der Waals surface area contributed by atoms with E-state index in [0.29, 0.717) is 19.1 Å². The van der Waals surface area contributed by atoms with Crippen molar-refractivity contribution in [1.82, 2.24) is 9.62 Å². The van der Waals surface area contributed by atoms with Gasteiger partial charge in [0.1, 0.15) is 0 Å². The Morgan fingerprint density at radius 3 is 2.38 bits per heavy atom.